The molecule has 0 saturated carbocycles. The van der Waals surface area contributed by atoms with Gasteiger partial charge in [0.05, 0.1) is 24.0 Å². The summed E-state index contributed by atoms with van der Waals surface area (Å²) in [5.74, 6) is -0.509. The van der Waals surface area contributed by atoms with Gasteiger partial charge in [-0.25, -0.2) is 0 Å². The highest BCUT2D eigenvalue weighted by Crippen LogP contribution is 2.20. The van der Waals surface area contributed by atoms with Crippen LogP contribution < -0.4 is 11.1 Å². The molecule has 1 aromatic carbocycles. The van der Waals surface area contributed by atoms with Crippen LogP contribution in [0.2, 0.25) is 0 Å². The third-order valence-electron chi connectivity index (χ3n) is 3.04. The third kappa shape index (κ3) is 5.63. The molecule has 0 spiro atoms. The molecule has 21 heavy (non-hydrogen) atoms. The summed E-state index contributed by atoms with van der Waals surface area (Å²) in [6.07, 6.45) is -3.81. The van der Waals surface area contributed by atoms with Crippen molar-refractivity contribution < 1.29 is 18.0 Å². The van der Waals surface area contributed by atoms with E-state index in [0.29, 0.717) is 17.8 Å². The number of anilines is 2. The first-order valence-electron chi connectivity index (χ1n) is 6.70. The molecule has 3 N–H and O–H groups in total. The van der Waals surface area contributed by atoms with E-state index in [-0.39, 0.29) is 6.54 Å². The van der Waals surface area contributed by atoms with Gasteiger partial charge in [0.25, 0.3) is 0 Å². The molecule has 0 fully saturated rings. The maximum atomic E-state index is 12.6. The highest BCUT2D eigenvalue weighted by atomic mass is 19.4. The van der Waals surface area contributed by atoms with E-state index >= 15 is 0 Å². The predicted molar refractivity (Wildman–Crippen MR) is 76.9 cm³/mol. The first-order chi connectivity index (χ1) is 9.74. The maximum Gasteiger partial charge on any atom is 0.401 e. The predicted octanol–water partition coefficient (Wildman–Crippen LogP) is 2.87. The van der Waals surface area contributed by atoms with Crippen LogP contribution in [0.15, 0.2) is 24.3 Å². The van der Waals surface area contributed by atoms with E-state index in [2.05, 4.69) is 5.32 Å². The van der Waals surface area contributed by atoms with Crippen LogP contribution in [0.3, 0.4) is 0 Å². The smallest absolute Gasteiger partial charge is 0.397 e. The fourth-order valence-corrected chi connectivity index (χ4v) is 1.94. The van der Waals surface area contributed by atoms with Crippen molar-refractivity contribution in [2.45, 2.75) is 32.5 Å². The molecule has 0 heterocycles. The minimum atomic E-state index is -4.34. The molecule has 1 rings (SSSR count). The van der Waals surface area contributed by atoms with E-state index in [0.717, 1.165) is 4.90 Å². The van der Waals surface area contributed by atoms with Crippen LogP contribution in [-0.2, 0) is 4.79 Å². The number of nitrogens with one attached hydrogen (secondary N) is 1. The molecule has 118 valence electrons. The molecule has 1 unspecified atom stereocenters. The molecule has 0 radical (unpaired) electrons. The van der Waals surface area contributed by atoms with Crippen LogP contribution in [-0.4, -0.2) is 36.1 Å². The molecule has 1 atom stereocenters. The average Bonchev–Trinajstić information content (AvgIpc) is 2.38. The Bertz CT molecular complexity index is 477. The number of hydrogen-bond donors (Lipinski definition) is 2. The van der Waals surface area contributed by atoms with Gasteiger partial charge < -0.3 is 11.1 Å². The third-order valence-corrected chi connectivity index (χ3v) is 3.04. The van der Waals surface area contributed by atoms with Crippen LogP contribution in [0.1, 0.15) is 20.3 Å². The van der Waals surface area contributed by atoms with E-state index in [9.17, 15) is 18.0 Å². The topological polar surface area (TPSA) is 58.4 Å². The molecular formula is C14H20F3N3O. The molecule has 0 bridgehead atoms. The Morgan fingerprint density at radius 2 is 2.00 bits per heavy atom. The zero-order valence-electron chi connectivity index (χ0n) is 12.1. The zero-order chi connectivity index (χ0) is 16.0. The van der Waals surface area contributed by atoms with E-state index in [4.69, 9.17) is 5.73 Å². The van der Waals surface area contributed by atoms with Gasteiger partial charge >= 0.3 is 6.18 Å². The van der Waals surface area contributed by atoms with Crippen molar-refractivity contribution in [3.8, 4) is 0 Å². The van der Waals surface area contributed by atoms with Crippen molar-refractivity contribution in [2.24, 2.45) is 0 Å². The van der Waals surface area contributed by atoms with Gasteiger partial charge in [-0.1, -0.05) is 19.1 Å². The number of carbonyl (C=O) groups is 1. The van der Waals surface area contributed by atoms with Gasteiger partial charge in [-0.3, -0.25) is 9.69 Å². The second-order valence-electron chi connectivity index (χ2n) is 4.84. The van der Waals surface area contributed by atoms with Crippen molar-refractivity contribution in [3.63, 3.8) is 0 Å². The van der Waals surface area contributed by atoms with Gasteiger partial charge in [-0.05, 0) is 32.0 Å². The number of nitrogens with zero attached hydrogens (tertiary/aromatic N) is 1. The molecule has 0 aliphatic rings. The summed E-state index contributed by atoms with van der Waals surface area (Å²) < 4.78 is 37.7. The number of benzene rings is 1. The first-order valence-corrected chi connectivity index (χ1v) is 6.70. The highest BCUT2D eigenvalue weighted by molar-refractivity contribution is 5.97. The molecule has 0 aromatic heterocycles. The lowest BCUT2D eigenvalue weighted by Crippen LogP contribution is -2.46. The fraction of sp³-hybridized carbons (Fsp3) is 0.500. The summed E-state index contributed by atoms with van der Waals surface area (Å²) in [6, 6.07) is 5.72. The first kappa shape index (κ1) is 17.3. The number of carbonyl (C=O) groups excluding carboxylic acids is 1. The monoisotopic (exact) mass is 303 g/mol. The summed E-state index contributed by atoms with van der Waals surface area (Å²) >= 11 is 0. The number of alkyl halides is 3. The van der Waals surface area contributed by atoms with Gasteiger partial charge in [0, 0.05) is 0 Å². The molecule has 0 aliphatic carbocycles. The quantitative estimate of drug-likeness (QED) is 0.795. The Hall–Kier alpha value is -1.76. The second kappa shape index (κ2) is 7.31. The number of amides is 1. The molecule has 1 aromatic rings. The Morgan fingerprint density at radius 1 is 1.38 bits per heavy atom. The Balaban J connectivity index is 2.76. The van der Waals surface area contributed by atoms with Crippen LogP contribution in [0, 0.1) is 0 Å². The lowest BCUT2D eigenvalue weighted by molar-refractivity contribution is -0.153. The van der Waals surface area contributed by atoms with Crippen molar-refractivity contribution in [2.75, 3.05) is 24.1 Å². The minimum absolute atomic E-state index is 0.193. The van der Waals surface area contributed by atoms with Gasteiger partial charge in [0.1, 0.15) is 0 Å². The summed E-state index contributed by atoms with van der Waals surface area (Å²) in [4.78, 5) is 13.2. The highest BCUT2D eigenvalue weighted by Gasteiger charge is 2.34. The SMILES string of the molecule is CCCN(CC(F)(F)F)C(C)C(=O)Nc1ccccc1N. The number of nitrogen functional groups attached to an aromatic ring is 1. The van der Waals surface area contributed by atoms with Crippen LogP contribution in [0.5, 0.6) is 0 Å². The number of hydrogen-bond acceptors (Lipinski definition) is 3. The Morgan fingerprint density at radius 3 is 2.52 bits per heavy atom. The number of rotatable bonds is 6. The molecular weight excluding hydrogens is 283 g/mol. The van der Waals surface area contributed by atoms with Gasteiger partial charge in [0.2, 0.25) is 5.91 Å². The standard InChI is InChI=1S/C14H20F3N3O/c1-3-8-20(9-14(15,16)17)10(2)13(21)19-12-7-5-4-6-11(12)18/h4-7,10H,3,8-9,18H2,1-2H3,(H,19,21). The van der Waals surface area contributed by atoms with E-state index in [1.807, 2.05) is 0 Å². The molecule has 1 amide bonds. The lowest BCUT2D eigenvalue weighted by atomic mass is 10.2. The number of para-hydroxylation sites is 2. The van der Waals surface area contributed by atoms with Gasteiger partial charge in [-0.15, -0.1) is 0 Å². The number of nitrogens with two attached hydrogens (primary N) is 1. The van der Waals surface area contributed by atoms with E-state index in [1.54, 1.807) is 31.2 Å². The van der Waals surface area contributed by atoms with Crippen LogP contribution in [0.4, 0.5) is 24.5 Å². The van der Waals surface area contributed by atoms with Gasteiger partial charge in [0.15, 0.2) is 0 Å². The summed E-state index contributed by atoms with van der Waals surface area (Å²) in [7, 11) is 0. The Labute approximate surface area is 122 Å². The zero-order valence-corrected chi connectivity index (χ0v) is 12.1. The van der Waals surface area contributed by atoms with Crippen molar-refractivity contribution >= 4 is 17.3 Å². The largest absolute Gasteiger partial charge is 0.401 e. The Kier molecular flexibility index (Phi) is 6.02. The fourth-order valence-electron chi connectivity index (χ4n) is 1.94. The number of halogens is 3. The van der Waals surface area contributed by atoms with Crippen LogP contribution in [0.25, 0.3) is 0 Å². The lowest BCUT2D eigenvalue weighted by Gasteiger charge is -2.28. The minimum Gasteiger partial charge on any atom is -0.397 e. The van der Waals surface area contributed by atoms with Gasteiger partial charge in [-0.2, -0.15) is 13.2 Å². The molecule has 4 nitrogen and oxygen atoms in total. The van der Waals surface area contributed by atoms with E-state index < -0.39 is 24.7 Å². The second-order valence-corrected chi connectivity index (χ2v) is 4.84. The maximum absolute atomic E-state index is 12.6. The summed E-state index contributed by atoms with van der Waals surface area (Å²) in [5.41, 5.74) is 6.47. The average molecular weight is 303 g/mol. The van der Waals surface area contributed by atoms with Crippen molar-refractivity contribution in [3.05, 3.63) is 24.3 Å². The normalized spacial score (nSPS) is 13.2. The molecule has 7 heteroatoms. The van der Waals surface area contributed by atoms with E-state index in [1.165, 1.54) is 6.92 Å². The van der Waals surface area contributed by atoms with Crippen molar-refractivity contribution in [1.82, 2.24) is 4.90 Å². The summed E-state index contributed by atoms with van der Waals surface area (Å²) in [6.45, 7) is 2.30. The molecule has 0 aliphatic heterocycles. The van der Waals surface area contributed by atoms with Crippen LogP contribution >= 0.6 is 0 Å². The molecule has 0 saturated heterocycles. The van der Waals surface area contributed by atoms with Crippen molar-refractivity contribution in [1.29, 1.82) is 0 Å². The summed E-state index contributed by atoms with van der Waals surface area (Å²) in [5, 5.41) is 2.56.